The van der Waals surface area contributed by atoms with Gasteiger partial charge in [0.15, 0.2) is 0 Å². The largest absolute Gasteiger partial charge is 0.480 e. The first-order valence-corrected chi connectivity index (χ1v) is 5.36. The molecular formula is C11H14N2O3. The topological polar surface area (TPSA) is 72.3 Å². The van der Waals surface area contributed by atoms with Crippen LogP contribution in [-0.2, 0) is 0 Å². The number of carboxylic acids is 1. The summed E-state index contributed by atoms with van der Waals surface area (Å²) in [6.07, 6.45) is 5.88. The molecule has 1 aromatic heterocycles. The van der Waals surface area contributed by atoms with Crippen LogP contribution in [-0.4, -0.2) is 28.2 Å². The number of aromatic carboxylic acids is 1. The van der Waals surface area contributed by atoms with E-state index in [4.69, 9.17) is 9.84 Å². The lowest BCUT2D eigenvalue weighted by molar-refractivity contribution is 0.0691. The van der Waals surface area contributed by atoms with E-state index in [1.807, 2.05) is 0 Å². The van der Waals surface area contributed by atoms with Crippen molar-refractivity contribution in [3.63, 3.8) is 0 Å². The quantitative estimate of drug-likeness (QED) is 0.844. The fraction of sp³-hybridized carbons (Fsp3) is 0.545. The summed E-state index contributed by atoms with van der Waals surface area (Å²) in [7, 11) is 1.42. The van der Waals surface area contributed by atoms with E-state index < -0.39 is 5.97 Å². The van der Waals surface area contributed by atoms with E-state index in [0.717, 1.165) is 12.8 Å². The van der Waals surface area contributed by atoms with E-state index in [-0.39, 0.29) is 11.4 Å². The smallest absolute Gasteiger partial charge is 0.342 e. The summed E-state index contributed by atoms with van der Waals surface area (Å²) in [5.41, 5.74) is 0.0178. The Morgan fingerprint density at radius 1 is 1.50 bits per heavy atom. The molecule has 1 saturated carbocycles. The standard InChI is InChI=1S/C11H14N2O3/c1-16-10-8(11(14)15)6-12-9(13-10)7-4-2-3-5-7/h6-7H,2-5H2,1H3,(H,14,15). The molecule has 2 rings (SSSR count). The number of ether oxygens (including phenoxy) is 1. The number of nitrogens with zero attached hydrogens (tertiary/aromatic N) is 2. The first-order chi connectivity index (χ1) is 7.72. The number of hydrogen-bond acceptors (Lipinski definition) is 4. The van der Waals surface area contributed by atoms with Crippen LogP contribution in [0.1, 0.15) is 47.8 Å². The monoisotopic (exact) mass is 222 g/mol. The zero-order valence-electron chi connectivity index (χ0n) is 9.14. The van der Waals surface area contributed by atoms with Gasteiger partial charge in [0.05, 0.1) is 7.11 Å². The van der Waals surface area contributed by atoms with Crippen LogP contribution in [0.3, 0.4) is 0 Å². The molecule has 86 valence electrons. The van der Waals surface area contributed by atoms with Crippen LogP contribution in [0, 0.1) is 0 Å². The van der Waals surface area contributed by atoms with E-state index in [9.17, 15) is 4.79 Å². The van der Waals surface area contributed by atoms with Crippen molar-refractivity contribution in [1.82, 2.24) is 9.97 Å². The number of aromatic nitrogens is 2. The fourth-order valence-corrected chi connectivity index (χ4v) is 2.06. The van der Waals surface area contributed by atoms with E-state index in [2.05, 4.69) is 9.97 Å². The van der Waals surface area contributed by atoms with Crippen LogP contribution < -0.4 is 4.74 Å². The number of carboxylic acid groups (broad SMARTS) is 1. The number of carbonyl (C=O) groups is 1. The molecule has 0 spiro atoms. The summed E-state index contributed by atoms with van der Waals surface area (Å²) in [4.78, 5) is 19.2. The second-order valence-electron chi connectivity index (χ2n) is 3.94. The molecule has 1 heterocycles. The van der Waals surface area contributed by atoms with E-state index in [1.54, 1.807) is 0 Å². The maximum Gasteiger partial charge on any atom is 0.342 e. The van der Waals surface area contributed by atoms with Crippen molar-refractivity contribution in [1.29, 1.82) is 0 Å². The molecule has 0 aliphatic heterocycles. The third-order valence-electron chi connectivity index (χ3n) is 2.92. The Bertz CT molecular complexity index is 400. The first kappa shape index (κ1) is 10.9. The second kappa shape index (κ2) is 4.47. The average Bonchev–Trinajstić information content (AvgIpc) is 2.81. The fourth-order valence-electron chi connectivity index (χ4n) is 2.06. The molecule has 16 heavy (non-hydrogen) atoms. The van der Waals surface area contributed by atoms with Crippen molar-refractivity contribution < 1.29 is 14.6 Å². The van der Waals surface area contributed by atoms with Gasteiger partial charge in [-0.2, -0.15) is 4.98 Å². The highest BCUT2D eigenvalue weighted by Gasteiger charge is 2.22. The second-order valence-corrected chi connectivity index (χ2v) is 3.94. The molecule has 1 aliphatic carbocycles. The molecule has 1 aliphatic rings. The molecule has 0 bridgehead atoms. The highest BCUT2D eigenvalue weighted by Crippen LogP contribution is 2.32. The van der Waals surface area contributed by atoms with Crippen LogP contribution in [0.5, 0.6) is 5.88 Å². The Morgan fingerprint density at radius 2 is 2.19 bits per heavy atom. The Hall–Kier alpha value is -1.65. The average molecular weight is 222 g/mol. The van der Waals surface area contributed by atoms with Crippen molar-refractivity contribution in [3.05, 3.63) is 17.6 Å². The highest BCUT2D eigenvalue weighted by molar-refractivity contribution is 5.89. The lowest BCUT2D eigenvalue weighted by Gasteiger charge is -2.09. The minimum atomic E-state index is -1.06. The number of rotatable bonds is 3. The van der Waals surface area contributed by atoms with Crippen molar-refractivity contribution in [2.75, 3.05) is 7.11 Å². The SMILES string of the molecule is COc1nc(C2CCCC2)ncc1C(=O)O. The van der Waals surface area contributed by atoms with Gasteiger partial charge < -0.3 is 9.84 Å². The van der Waals surface area contributed by atoms with Crippen LogP contribution in [0.15, 0.2) is 6.20 Å². The zero-order valence-corrected chi connectivity index (χ0v) is 9.14. The molecule has 0 aromatic carbocycles. The van der Waals surface area contributed by atoms with Gasteiger partial charge in [-0.3, -0.25) is 0 Å². The van der Waals surface area contributed by atoms with Crippen LogP contribution >= 0.6 is 0 Å². The zero-order chi connectivity index (χ0) is 11.5. The maximum absolute atomic E-state index is 10.9. The number of hydrogen-bond donors (Lipinski definition) is 1. The van der Waals surface area contributed by atoms with Crippen LogP contribution in [0.25, 0.3) is 0 Å². The molecule has 0 radical (unpaired) electrons. The Morgan fingerprint density at radius 3 is 2.75 bits per heavy atom. The first-order valence-electron chi connectivity index (χ1n) is 5.36. The molecule has 0 unspecified atom stereocenters. The van der Waals surface area contributed by atoms with Gasteiger partial charge in [-0.15, -0.1) is 0 Å². The number of methoxy groups -OCH3 is 1. The molecule has 1 fully saturated rings. The third-order valence-corrected chi connectivity index (χ3v) is 2.92. The van der Waals surface area contributed by atoms with Gasteiger partial charge >= 0.3 is 5.97 Å². The van der Waals surface area contributed by atoms with Gasteiger partial charge in [0.1, 0.15) is 11.4 Å². The lowest BCUT2D eigenvalue weighted by Crippen LogP contribution is -2.08. The van der Waals surface area contributed by atoms with Crippen LogP contribution in [0.2, 0.25) is 0 Å². The highest BCUT2D eigenvalue weighted by atomic mass is 16.5. The summed E-state index contributed by atoms with van der Waals surface area (Å²) >= 11 is 0. The van der Waals surface area contributed by atoms with Gasteiger partial charge in [0.2, 0.25) is 5.88 Å². The predicted molar refractivity (Wildman–Crippen MR) is 56.8 cm³/mol. The molecule has 0 amide bonds. The van der Waals surface area contributed by atoms with Gasteiger partial charge in [-0.1, -0.05) is 12.8 Å². The van der Waals surface area contributed by atoms with Gasteiger partial charge in [0.25, 0.3) is 0 Å². The maximum atomic E-state index is 10.9. The van der Waals surface area contributed by atoms with E-state index in [1.165, 1.54) is 26.1 Å². The summed E-state index contributed by atoms with van der Waals surface area (Å²) in [6.45, 7) is 0. The summed E-state index contributed by atoms with van der Waals surface area (Å²) in [5.74, 6) is 0.162. The molecule has 0 atom stereocenters. The normalized spacial score (nSPS) is 16.3. The molecular weight excluding hydrogens is 208 g/mol. The molecule has 1 aromatic rings. The minimum Gasteiger partial charge on any atom is -0.480 e. The van der Waals surface area contributed by atoms with E-state index in [0.29, 0.717) is 11.7 Å². The van der Waals surface area contributed by atoms with Crippen molar-refractivity contribution >= 4 is 5.97 Å². The van der Waals surface area contributed by atoms with E-state index >= 15 is 0 Å². The van der Waals surface area contributed by atoms with Crippen molar-refractivity contribution in [2.24, 2.45) is 0 Å². The Kier molecular flexibility index (Phi) is 3.03. The third kappa shape index (κ3) is 1.98. The minimum absolute atomic E-state index is 0.0178. The summed E-state index contributed by atoms with van der Waals surface area (Å²) in [5, 5.41) is 8.89. The van der Waals surface area contributed by atoms with Crippen molar-refractivity contribution in [2.45, 2.75) is 31.6 Å². The lowest BCUT2D eigenvalue weighted by atomic mass is 10.1. The van der Waals surface area contributed by atoms with Gasteiger partial charge in [0, 0.05) is 12.1 Å². The summed E-state index contributed by atoms with van der Waals surface area (Å²) < 4.78 is 4.97. The molecule has 5 nitrogen and oxygen atoms in total. The summed E-state index contributed by atoms with van der Waals surface area (Å²) in [6, 6.07) is 0. The van der Waals surface area contributed by atoms with Crippen molar-refractivity contribution in [3.8, 4) is 5.88 Å². The van der Waals surface area contributed by atoms with Crippen LogP contribution in [0.4, 0.5) is 0 Å². The molecule has 0 saturated heterocycles. The molecule has 5 heteroatoms. The Labute approximate surface area is 93.5 Å². The van der Waals surface area contributed by atoms with Gasteiger partial charge in [-0.25, -0.2) is 9.78 Å². The predicted octanol–water partition coefficient (Wildman–Crippen LogP) is 1.84. The Balaban J connectivity index is 2.32. The van der Waals surface area contributed by atoms with Gasteiger partial charge in [-0.05, 0) is 12.8 Å². The molecule has 1 N–H and O–H groups in total.